The van der Waals surface area contributed by atoms with E-state index in [2.05, 4.69) is 0 Å². The Morgan fingerprint density at radius 3 is 2.72 bits per heavy atom. The number of carbonyl (C=O) groups is 2. The second-order valence-corrected chi connectivity index (χ2v) is 4.17. The molecule has 4 heteroatoms. The molecule has 1 amide bonds. The van der Waals surface area contributed by atoms with E-state index in [0.717, 1.165) is 16.3 Å². The van der Waals surface area contributed by atoms with Gasteiger partial charge < -0.3 is 14.8 Å². The predicted molar refractivity (Wildman–Crippen MR) is 68.5 cm³/mol. The SMILES string of the molecule is C=O.CN1Cc2cccc3cc(O)cc(c23)C1=O. The van der Waals surface area contributed by atoms with E-state index < -0.39 is 0 Å². The summed E-state index contributed by atoms with van der Waals surface area (Å²) in [7, 11) is 1.77. The van der Waals surface area contributed by atoms with Gasteiger partial charge in [0.2, 0.25) is 0 Å². The third-order valence-corrected chi connectivity index (χ3v) is 3.03. The Hall–Kier alpha value is -2.36. The van der Waals surface area contributed by atoms with Crippen LogP contribution in [0.1, 0.15) is 15.9 Å². The molecule has 18 heavy (non-hydrogen) atoms. The van der Waals surface area contributed by atoms with Crippen molar-refractivity contribution in [1.82, 2.24) is 4.90 Å². The summed E-state index contributed by atoms with van der Waals surface area (Å²) in [6.45, 7) is 2.63. The van der Waals surface area contributed by atoms with E-state index in [1.54, 1.807) is 24.1 Å². The van der Waals surface area contributed by atoms with Crippen LogP contribution in [0.5, 0.6) is 5.75 Å². The first-order chi connectivity index (χ1) is 8.66. The van der Waals surface area contributed by atoms with Crippen LogP contribution in [-0.2, 0) is 11.3 Å². The Kier molecular flexibility index (Phi) is 3.02. The maximum atomic E-state index is 12.0. The second kappa shape index (κ2) is 4.49. The van der Waals surface area contributed by atoms with Gasteiger partial charge in [-0.3, -0.25) is 4.79 Å². The molecule has 1 N–H and O–H groups in total. The van der Waals surface area contributed by atoms with Crippen LogP contribution in [0.3, 0.4) is 0 Å². The average Bonchev–Trinajstić information content (AvgIpc) is 2.38. The monoisotopic (exact) mass is 243 g/mol. The van der Waals surface area contributed by atoms with Crippen LogP contribution in [0.2, 0.25) is 0 Å². The molecule has 4 nitrogen and oxygen atoms in total. The molecule has 2 aromatic carbocycles. The van der Waals surface area contributed by atoms with E-state index in [-0.39, 0.29) is 11.7 Å². The smallest absolute Gasteiger partial charge is 0.254 e. The Bertz CT molecular complexity index is 622. The number of hydrogen-bond donors (Lipinski definition) is 1. The van der Waals surface area contributed by atoms with E-state index >= 15 is 0 Å². The molecule has 0 bridgehead atoms. The van der Waals surface area contributed by atoms with Crippen LogP contribution in [0, 0.1) is 0 Å². The van der Waals surface area contributed by atoms with Crippen LogP contribution in [-0.4, -0.2) is 29.8 Å². The molecule has 3 rings (SSSR count). The van der Waals surface area contributed by atoms with Gasteiger partial charge in [0.05, 0.1) is 5.56 Å². The largest absolute Gasteiger partial charge is 0.508 e. The zero-order chi connectivity index (χ0) is 13.3. The number of nitrogens with zero attached hydrogens (tertiary/aromatic N) is 1. The van der Waals surface area contributed by atoms with Crippen molar-refractivity contribution < 1.29 is 14.7 Å². The number of amides is 1. The number of rotatable bonds is 0. The molecule has 0 atom stereocenters. The lowest BCUT2D eigenvalue weighted by molar-refractivity contribution is -0.0980. The average molecular weight is 243 g/mol. The molecule has 0 unspecified atom stereocenters. The van der Waals surface area contributed by atoms with Crippen molar-refractivity contribution in [2.75, 3.05) is 7.05 Å². The van der Waals surface area contributed by atoms with Crippen molar-refractivity contribution in [1.29, 1.82) is 0 Å². The molecule has 0 aromatic heterocycles. The van der Waals surface area contributed by atoms with Crippen molar-refractivity contribution in [3.63, 3.8) is 0 Å². The minimum atomic E-state index is -0.0281. The molecule has 1 aliphatic rings. The number of aromatic hydroxyl groups is 1. The van der Waals surface area contributed by atoms with Gasteiger partial charge in [-0.15, -0.1) is 0 Å². The van der Waals surface area contributed by atoms with Crippen molar-refractivity contribution in [3.8, 4) is 5.75 Å². The fourth-order valence-corrected chi connectivity index (χ4v) is 2.32. The number of phenols is 1. The number of hydrogen-bond acceptors (Lipinski definition) is 3. The highest BCUT2D eigenvalue weighted by Gasteiger charge is 2.23. The summed E-state index contributed by atoms with van der Waals surface area (Å²) in [6.07, 6.45) is 0. The van der Waals surface area contributed by atoms with Gasteiger partial charge in [-0.25, -0.2) is 0 Å². The van der Waals surface area contributed by atoms with Gasteiger partial charge in [-0.05, 0) is 28.5 Å². The Balaban J connectivity index is 0.000000574. The molecule has 1 heterocycles. The van der Waals surface area contributed by atoms with Gasteiger partial charge in [-0.2, -0.15) is 0 Å². The zero-order valence-electron chi connectivity index (χ0n) is 10.0. The van der Waals surface area contributed by atoms with E-state index in [0.29, 0.717) is 12.1 Å². The molecule has 1 aliphatic heterocycles. The predicted octanol–water partition coefficient (Wildman–Crippen LogP) is 1.95. The molecule has 2 aromatic rings. The summed E-state index contributed by atoms with van der Waals surface area (Å²) >= 11 is 0. The highest BCUT2D eigenvalue weighted by molar-refractivity contribution is 6.10. The topological polar surface area (TPSA) is 57.6 Å². The van der Waals surface area contributed by atoms with Crippen molar-refractivity contribution in [3.05, 3.63) is 41.5 Å². The van der Waals surface area contributed by atoms with Gasteiger partial charge in [0, 0.05) is 13.6 Å². The third kappa shape index (κ3) is 1.72. The molecule has 0 fully saturated rings. The van der Waals surface area contributed by atoms with Crippen LogP contribution in [0.25, 0.3) is 10.8 Å². The molecule has 0 aliphatic carbocycles. The molecule has 0 spiro atoms. The first-order valence-corrected chi connectivity index (χ1v) is 5.46. The Morgan fingerprint density at radius 1 is 1.28 bits per heavy atom. The van der Waals surface area contributed by atoms with E-state index in [4.69, 9.17) is 4.79 Å². The normalized spacial score (nSPS) is 13.2. The van der Waals surface area contributed by atoms with Crippen molar-refractivity contribution >= 4 is 23.5 Å². The third-order valence-electron chi connectivity index (χ3n) is 3.03. The molecule has 0 saturated carbocycles. The van der Waals surface area contributed by atoms with E-state index in [9.17, 15) is 9.90 Å². The molecule has 0 saturated heterocycles. The second-order valence-electron chi connectivity index (χ2n) is 4.17. The Labute approximate surface area is 104 Å². The number of phenolic OH excluding ortho intramolecular Hbond substituents is 1. The lowest BCUT2D eigenvalue weighted by Gasteiger charge is -2.25. The lowest BCUT2D eigenvalue weighted by atomic mass is 9.95. The van der Waals surface area contributed by atoms with Crippen LogP contribution in [0.15, 0.2) is 30.3 Å². The summed E-state index contributed by atoms with van der Waals surface area (Å²) in [5, 5.41) is 11.5. The van der Waals surface area contributed by atoms with Gasteiger partial charge in [0.25, 0.3) is 5.91 Å². The van der Waals surface area contributed by atoms with Crippen molar-refractivity contribution in [2.24, 2.45) is 0 Å². The molecule has 0 radical (unpaired) electrons. The lowest BCUT2D eigenvalue weighted by Crippen LogP contribution is -2.30. The standard InChI is InChI=1S/C13H11NO2.CH2O/c1-14-7-9-4-2-3-8-5-10(15)6-11(12(8)9)13(14)16;1-2/h2-6,15H,7H2,1H3;1H2. The van der Waals surface area contributed by atoms with E-state index in [1.807, 2.05) is 25.0 Å². The molecule has 92 valence electrons. The zero-order valence-corrected chi connectivity index (χ0v) is 10.0. The van der Waals surface area contributed by atoms with Crippen LogP contribution < -0.4 is 0 Å². The summed E-state index contributed by atoms with van der Waals surface area (Å²) in [5.41, 5.74) is 1.73. The van der Waals surface area contributed by atoms with Gasteiger partial charge in [0.1, 0.15) is 12.5 Å². The maximum Gasteiger partial charge on any atom is 0.254 e. The summed E-state index contributed by atoms with van der Waals surface area (Å²) in [4.78, 5) is 21.6. The minimum Gasteiger partial charge on any atom is -0.508 e. The Morgan fingerprint density at radius 2 is 2.00 bits per heavy atom. The van der Waals surface area contributed by atoms with Crippen molar-refractivity contribution in [2.45, 2.75) is 6.54 Å². The fraction of sp³-hybridized carbons (Fsp3) is 0.143. The number of carbonyl (C=O) groups excluding carboxylic acids is 2. The molecular weight excluding hydrogens is 230 g/mol. The van der Waals surface area contributed by atoms with Crippen LogP contribution in [0.4, 0.5) is 0 Å². The highest BCUT2D eigenvalue weighted by Crippen LogP contribution is 2.32. The molecular formula is C14H13NO3. The van der Waals surface area contributed by atoms with Gasteiger partial charge >= 0.3 is 0 Å². The van der Waals surface area contributed by atoms with Gasteiger partial charge in [0.15, 0.2) is 0 Å². The summed E-state index contributed by atoms with van der Waals surface area (Å²) < 4.78 is 0. The summed E-state index contributed by atoms with van der Waals surface area (Å²) in [6, 6.07) is 9.13. The highest BCUT2D eigenvalue weighted by atomic mass is 16.3. The first-order valence-electron chi connectivity index (χ1n) is 5.46. The minimum absolute atomic E-state index is 0.0281. The summed E-state index contributed by atoms with van der Waals surface area (Å²) in [5.74, 6) is 0.114. The first kappa shape index (κ1) is 12.1. The fourth-order valence-electron chi connectivity index (χ4n) is 2.32. The van der Waals surface area contributed by atoms with Crippen LogP contribution >= 0.6 is 0 Å². The number of benzene rings is 2. The van der Waals surface area contributed by atoms with E-state index in [1.165, 1.54) is 0 Å². The maximum absolute atomic E-state index is 12.0. The van der Waals surface area contributed by atoms with Gasteiger partial charge in [-0.1, -0.05) is 18.2 Å². The quantitative estimate of drug-likeness (QED) is 0.769.